The van der Waals surface area contributed by atoms with Gasteiger partial charge in [-0.2, -0.15) is 0 Å². The molecule has 0 N–H and O–H groups in total. The number of allylic oxidation sites excluding steroid dienone is 2. The molecule has 76 valence electrons. The highest BCUT2D eigenvalue weighted by molar-refractivity contribution is 5.08. The van der Waals surface area contributed by atoms with Crippen LogP contribution in [0.15, 0.2) is 36.5 Å². The Labute approximate surface area is 86.9 Å². The van der Waals surface area contributed by atoms with Crippen molar-refractivity contribution in [2.75, 3.05) is 0 Å². The van der Waals surface area contributed by atoms with Gasteiger partial charge in [0.2, 0.25) is 0 Å². The lowest BCUT2D eigenvalue weighted by atomic mass is 10.0. The van der Waals surface area contributed by atoms with Crippen molar-refractivity contribution in [2.45, 2.75) is 39.0 Å². The SMILES string of the molecule is CC/C=C\CCC(C)c1ccccn1. The van der Waals surface area contributed by atoms with Gasteiger partial charge >= 0.3 is 0 Å². The zero-order chi connectivity index (χ0) is 10.2. The zero-order valence-electron chi connectivity index (χ0n) is 9.11. The van der Waals surface area contributed by atoms with Gasteiger partial charge in [-0.15, -0.1) is 0 Å². The Bertz CT molecular complexity index is 264. The molecule has 1 rings (SSSR count). The first-order valence-electron chi connectivity index (χ1n) is 5.40. The zero-order valence-corrected chi connectivity index (χ0v) is 9.11. The maximum absolute atomic E-state index is 4.35. The van der Waals surface area contributed by atoms with E-state index in [2.05, 4.69) is 43.1 Å². The first-order valence-corrected chi connectivity index (χ1v) is 5.40. The molecule has 0 aromatic carbocycles. The van der Waals surface area contributed by atoms with E-state index in [4.69, 9.17) is 0 Å². The Hall–Kier alpha value is -1.11. The van der Waals surface area contributed by atoms with Crippen molar-refractivity contribution in [1.82, 2.24) is 4.98 Å². The third kappa shape index (κ3) is 3.73. The van der Waals surface area contributed by atoms with Gasteiger partial charge in [-0.05, 0) is 37.3 Å². The average molecular weight is 189 g/mol. The number of aromatic nitrogens is 1. The van der Waals surface area contributed by atoms with Gasteiger partial charge in [0.05, 0.1) is 0 Å². The van der Waals surface area contributed by atoms with Gasteiger partial charge in [0.1, 0.15) is 0 Å². The molecular weight excluding hydrogens is 170 g/mol. The maximum Gasteiger partial charge on any atom is 0.0431 e. The summed E-state index contributed by atoms with van der Waals surface area (Å²) in [6, 6.07) is 6.13. The van der Waals surface area contributed by atoms with Crippen LogP contribution in [0.25, 0.3) is 0 Å². The highest BCUT2D eigenvalue weighted by Crippen LogP contribution is 2.17. The van der Waals surface area contributed by atoms with Crippen LogP contribution in [0.4, 0.5) is 0 Å². The molecule has 0 aliphatic carbocycles. The van der Waals surface area contributed by atoms with Gasteiger partial charge in [-0.3, -0.25) is 4.98 Å². The second-order valence-corrected chi connectivity index (χ2v) is 3.61. The van der Waals surface area contributed by atoms with Gasteiger partial charge in [-0.25, -0.2) is 0 Å². The van der Waals surface area contributed by atoms with E-state index in [0.29, 0.717) is 5.92 Å². The van der Waals surface area contributed by atoms with Crippen LogP contribution in [0, 0.1) is 0 Å². The van der Waals surface area contributed by atoms with Crippen molar-refractivity contribution in [3.05, 3.63) is 42.2 Å². The van der Waals surface area contributed by atoms with E-state index in [0.717, 1.165) is 12.8 Å². The largest absolute Gasteiger partial charge is 0.261 e. The summed E-state index contributed by atoms with van der Waals surface area (Å²) in [7, 11) is 0. The van der Waals surface area contributed by atoms with Crippen LogP contribution in [0.1, 0.15) is 44.7 Å². The summed E-state index contributed by atoms with van der Waals surface area (Å²) in [4.78, 5) is 4.35. The van der Waals surface area contributed by atoms with E-state index >= 15 is 0 Å². The summed E-state index contributed by atoms with van der Waals surface area (Å²) >= 11 is 0. The third-order valence-electron chi connectivity index (χ3n) is 2.36. The predicted octanol–water partition coefficient (Wildman–Crippen LogP) is 3.93. The molecule has 1 unspecified atom stereocenters. The Morgan fingerprint density at radius 2 is 2.21 bits per heavy atom. The Kier molecular flexibility index (Phi) is 4.98. The van der Waals surface area contributed by atoms with E-state index in [-0.39, 0.29) is 0 Å². The highest BCUT2D eigenvalue weighted by atomic mass is 14.7. The molecule has 0 aliphatic rings. The minimum atomic E-state index is 0.567. The van der Waals surface area contributed by atoms with Crippen LogP contribution < -0.4 is 0 Å². The van der Waals surface area contributed by atoms with Crippen LogP contribution in [0.3, 0.4) is 0 Å². The first kappa shape index (κ1) is 11.0. The molecule has 1 aromatic rings. The molecule has 0 aliphatic heterocycles. The van der Waals surface area contributed by atoms with Crippen molar-refractivity contribution in [2.24, 2.45) is 0 Å². The van der Waals surface area contributed by atoms with E-state index in [9.17, 15) is 0 Å². The minimum Gasteiger partial charge on any atom is -0.261 e. The summed E-state index contributed by atoms with van der Waals surface area (Å²) in [5.41, 5.74) is 1.21. The lowest BCUT2D eigenvalue weighted by molar-refractivity contribution is 0.670. The van der Waals surface area contributed by atoms with Crippen molar-refractivity contribution < 1.29 is 0 Å². The fourth-order valence-electron chi connectivity index (χ4n) is 1.45. The predicted molar refractivity (Wildman–Crippen MR) is 61.3 cm³/mol. The van der Waals surface area contributed by atoms with Crippen LogP contribution in [0.5, 0.6) is 0 Å². The quantitative estimate of drug-likeness (QED) is 0.639. The number of hydrogen-bond donors (Lipinski definition) is 0. The summed E-state index contributed by atoms with van der Waals surface area (Å²) in [6.45, 7) is 4.40. The molecule has 0 fully saturated rings. The van der Waals surface area contributed by atoms with Crippen LogP contribution in [0.2, 0.25) is 0 Å². The van der Waals surface area contributed by atoms with Gasteiger partial charge < -0.3 is 0 Å². The number of pyridine rings is 1. The summed E-state index contributed by atoms with van der Waals surface area (Å²) in [5, 5.41) is 0. The van der Waals surface area contributed by atoms with E-state index in [1.165, 1.54) is 12.1 Å². The van der Waals surface area contributed by atoms with E-state index < -0.39 is 0 Å². The maximum atomic E-state index is 4.35. The Balaban J connectivity index is 2.36. The molecular formula is C13H19N. The fourth-order valence-corrected chi connectivity index (χ4v) is 1.45. The van der Waals surface area contributed by atoms with Gasteiger partial charge in [0.15, 0.2) is 0 Å². The number of nitrogens with zero attached hydrogens (tertiary/aromatic N) is 1. The van der Waals surface area contributed by atoms with E-state index in [1.807, 2.05) is 12.3 Å². The van der Waals surface area contributed by atoms with Gasteiger partial charge in [-0.1, -0.05) is 32.1 Å². The lowest BCUT2D eigenvalue weighted by Gasteiger charge is -2.08. The molecule has 1 aromatic heterocycles. The van der Waals surface area contributed by atoms with Crippen LogP contribution in [-0.2, 0) is 0 Å². The van der Waals surface area contributed by atoms with Gasteiger partial charge in [0.25, 0.3) is 0 Å². The topological polar surface area (TPSA) is 12.9 Å². The van der Waals surface area contributed by atoms with Crippen molar-refractivity contribution >= 4 is 0 Å². The molecule has 0 radical (unpaired) electrons. The summed E-state index contributed by atoms with van der Waals surface area (Å²) in [6.07, 6.45) is 9.84. The van der Waals surface area contributed by atoms with Crippen LogP contribution in [-0.4, -0.2) is 4.98 Å². The number of hydrogen-bond acceptors (Lipinski definition) is 1. The smallest absolute Gasteiger partial charge is 0.0431 e. The van der Waals surface area contributed by atoms with Gasteiger partial charge in [0, 0.05) is 11.9 Å². The fraction of sp³-hybridized carbons (Fsp3) is 0.462. The normalized spacial score (nSPS) is 13.3. The molecule has 0 saturated carbocycles. The van der Waals surface area contributed by atoms with E-state index in [1.54, 1.807) is 0 Å². The Morgan fingerprint density at radius 3 is 2.86 bits per heavy atom. The summed E-state index contributed by atoms with van der Waals surface area (Å²) in [5.74, 6) is 0.567. The third-order valence-corrected chi connectivity index (χ3v) is 2.36. The highest BCUT2D eigenvalue weighted by Gasteiger charge is 2.03. The minimum absolute atomic E-state index is 0.567. The molecule has 1 heteroatoms. The first-order chi connectivity index (χ1) is 6.84. The summed E-state index contributed by atoms with van der Waals surface area (Å²) < 4.78 is 0. The molecule has 0 spiro atoms. The Morgan fingerprint density at radius 1 is 1.36 bits per heavy atom. The molecule has 1 nitrogen and oxygen atoms in total. The monoisotopic (exact) mass is 189 g/mol. The molecule has 1 atom stereocenters. The molecule has 1 heterocycles. The van der Waals surface area contributed by atoms with Crippen LogP contribution >= 0.6 is 0 Å². The van der Waals surface area contributed by atoms with Crippen molar-refractivity contribution in [1.29, 1.82) is 0 Å². The average Bonchev–Trinajstić information content (AvgIpc) is 2.25. The number of rotatable bonds is 5. The lowest BCUT2D eigenvalue weighted by Crippen LogP contribution is -1.95. The standard InChI is InChI=1S/C13H19N/c1-3-4-5-6-9-12(2)13-10-7-8-11-14-13/h4-5,7-8,10-12H,3,6,9H2,1-2H3/b5-4-. The molecule has 14 heavy (non-hydrogen) atoms. The second kappa shape index (κ2) is 6.36. The second-order valence-electron chi connectivity index (χ2n) is 3.61. The van der Waals surface area contributed by atoms with Crippen molar-refractivity contribution in [3.63, 3.8) is 0 Å². The van der Waals surface area contributed by atoms with Crippen molar-refractivity contribution in [3.8, 4) is 0 Å². The molecule has 0 amide bonds. The molecule has 0 saturated heterocycles. The molecule has 0 bridgehead atoms.